The molecule has 0 aliphatic rings. The minimum atomic E-state index is 0.544. The highest BCUT2D eigenvalue weighted by Crippen LogP contribution is 2.19. The van der Waals surface area contributed by atoms with Crippen LogP contribution in [0.1, 0.15) is 19.4 Å². The number of nitrogens with zero attached hydrogens (tertiary/aromatic N) is 2. The second kappa shape index (κ2) is 4.84. The van der Waals surface area contributed by atoms with E-state index in [9.17, 15) is 0 Å². The molecule has 2 rings (SSSR count). The van der Waals surface area contributed by atoms with Gasteiger partial charge in [0, 0.05) is 12.1 Å². The fourth-order valence-corrected chi connectivity index (χ4v) is 2.06. The summed E-state index contributed by atoms with van der Waals surface area (Å²) in [4.78, 5) is 0. The van der Waals surface area contributed by atoms with E-state index in [0.717, 1.165) is 17.9 Å². The number of rotatable bonds is 3. The van der Waals surface area contributed by atoms with Gasteiger partial charge in [0.15, 0.2) is 10.6 Å². The van der Waals surface area contributed by atoms with Crippen molar-refractivity contribution in [3.05, 3.63) is 34.6 Å². The summed E-state index contributed by atoms with van der Waals surface area (Å²) < 4.78 is 2.75. The Kier molecular flexibility index (Phi) is 3.43. The van der Waals surface area contributed by atoms with Crippen LogP contribution in [0.25, 0.3) is 11.4 Å². The molecule has 0 aliphatic carbocycles. The number of aromatic amines is 1. The third-order valence-corrected chi connectivity index (χ3v) is 2.89. The lowest BCUT2D eigenvalue weighted by Gasteiger charge is -2.09. The zero-order chi connectivity index (χ0) is 12.4. The van der Waals surface area contributed by atoms with Crippen LogP contribution in [0.15, 0.2) is 24.3 Å². The average Bonchev–Trinajstić information content (AvgIpc) is 2.60. The highest BCUT2D eigenvalue weighted by atomic mass is 32.1. The molecule has 4 heteroatoms. The highest BCUT2D eigenvalue weighted by molar-refractivity contribution is 7.71. The number of nitrogens with one attached hydrogen (secondary N) is 1. The Hall–Kier alpha value is -1.42. The van der Waals surface area contributed by atoms with Crippen molar-refractivity contribution in [2.45, 2.75) is 27.3 Å². The fourth-order valence-electron chi connectivity index (χ4n) is 1.86. The van der Waals surface area contributed by atoms with E-state index in [4.69, 9.17) is 12.2 Å². The zero-order valence-corrected chi connectivity index (χ0v) is 11.2. The first-order valence-electron chi connectivity index (χ1n) is 5.80. The van der Waals surface area contributed by atoms with Gasteiger partial charge in [0.2, 0.25) is 0 Å². The number of hydrogen-bond donors (Lipinski definition) is 1. The molecule has 0 amide bonds. The maximum atomic E-state index is 5.27. The van der Waals surface area contributed by atoms with E-state index in [1.165, 1.54) is 5.56 Å². The molecule has 3 nitrogen and oxygen atoms in total. The van der Waals surface area contributed by atoms with Gasteiger partial charge in [-0.1, -0.05) is 37.6 Å². The molecule has 1 N–H and O–H groups in total. The largest absolute Gasteiger partial charge is 0.300 e. The smallest absolute Gasteiger partial charge is 0.195 e. The van der Waals surface area contributed by atoms with Gasteiger partial charge in [0.25, 0.3) is 0 Å². The highest BCUT2D eigenvalue weighted by Gasteiger charge is 2.09. The first-order chi connectivity index (χ1) is 8.08. The molecule has 0 atom stereocenters. The van der Waals surface area contributed by atoms with Crippen LogP contribution in [0, 0.1) is 17.6 Å². The number of benzene rings is 1. The Balaban J connectivity index is 2.49. The van der Waals surface area contributed by atoms with Crippen molar-refractivity contribution in [1.29, 1.82) is 0 Å². The molecule has 17 heavy (non-hydrogen) atoms. The quantitative estimate of drug-likeness (QED) is 0.841. The normalized spacial score (nSPS) is 11.1. The SMILES string of the molecule is Cc1cccc(-c2n[nH]c(=S)n2CC(C)C)c1. The number of aryl methyl sites for hydroxylation is 1. The standard InChI is InChI=1S/C13H17N3S/c1-9(2)8-16-12(14-15-13(16)17)11-6-4-5-10(3)7-11/h4-7,9H,8H2,1-3H3,(H,15,17). The lowest BCUT2D eigenvalue weighted by Crippen LogP contribution is -2.06. The van der Waals surface area contributed by atoms with Crippen LogP contribution in [-0.2, 0) is 6.54 Å². The maximum absolute atomic E-state index is 5.27. The van der Waals surface area contributed by atoms with Crippen molar-refractivity contribution < 1.29 is 0 Å². The molecule has 0 spiro atoms. The van der Waals surface area contributed by atoms with Crippen molar-refractivity contribution >= 4 is 12.2 Å². The van der Waals surface area contributed by atoms with Gasteiger partial charge in [0.05, 0.1) is 0 Å². The molecular weight excluding hydrogens is 230 g/mol. The maximum Gasteiger partial charge on any atom is 0.195 e. The molecule has 0 saturated heterocycles. The van der Waals surface area contributed by atoms with Gasteiger partial charge in [-0.05, 0) is 31.1 Å². The number of aromatic nitrogens is 3. The average molecular weight is 247 g/mol. The van der Waals surface area contributed by atoms with Crippen molar-refractivity contribution in [1.82, 2.24) is 14.8 Å². The van der Waals surface area contributed by atoms with E-state index in [-0.39, 0.29) is 0 Å². The predicted molar refractivity (Wildman–Crippen MR) is 72.4 cm³/mol. The van der Waals surface area contributed by atoms with Crippen LogP contribution in [0.5, 0.6) is 0 Å². The predicted octanol–water partition coefficient (Wildman–Crippen LogP) is 3.57. The summed E-state index contributed by atoms with van der Waals surface area (Å²) >= 11 is 5.27. The van der Waals surface area contributed by atoms with Crippen molar-refractivity contribution in [3.63, 3.8) is 0 Å². The molecule has 90 valence electrons. The van der Waals surface area contributed by atoms with E-state index >= 15 is 0 Å². The van der Waals surface area contributed by atoms with Gasteiger partial charge < -0.3 is 0 Å². The van der Waals surface area contributed by atoms with Crippen LogP contribution in [0.3, 0.4) is 0 Å². The molecule has 0 bridgehead atoms. The molecular formula is C13H17N3S. The molecule has 0 unspecified atom stereocenters. The molecule has 0 radical (unpaired) electrons. The van der Waals surface area contributed by atoms with Gasteiger partial charge in [-0.3, -0.25) is 9.67 Å². The Morgan fingerprint density at radius 3 is 2.82 bits per heavy atom. The van der Waals surface area contributed by atoms with Crippen LogP contribution < -0.4 is 0 Å². The second-order valence-corrected chi connectivity index (χ2v) is 5.11. The molecule has 1 aromatic heterocycles. The van der Waals surface area contributed by atoms with Crippen LogP contribution >= 0.6 is 12.2 Å². The molecule has 0 aliphatic heterocycles. The lowest BCUT2D eigenvalue weighted by atomic mass is 10.1. The van der Waals surface area contributed by atoms with E-state index in [0.29, 0.717) is 10.7 Å². The van der Waals surface area contributed by atoms with E-state index < -0.39 is 0 Å². The van der Waals surface area contributed by atoms with E-state index in [1.54, 1.807) is 0 Å². The summed E-state index contributed by atoms with van der Waals surface area (Å²) in [7, 11) is 0. The lowest BCUT2D eigenvalue weighted by molar-refractivity contribution is 0.521. The second-order valence-electron chi connectivity index (χ2n) is 4.73. The summed E-state index contributed by atoms with van der Waals surface area (Å²) in [6, 6.07) is 8.32. The molecule has 0 saturated carbocycles. The minimum Gasteiger partial charge on any atom is -0.300 e. The first kappa shape index (κ1) is 12.0. The Bertz CT molecular complexity index is 566. The third kappa shape index (κ3) is 2.64. The van der Waals surface area contributed by atoms with Gasteiger partial charge in [-0.2, -0.15) is 5.10 Å². The van der Waals surface area contributed by atoms with Crippen LogP contribution in [-0.4, -0.2) is 14.8 Å². The summed E-state index contributed by atoms with van der Waals surface area (Å²) in [5, 5.41) is 7.20. The topological polar surface area (TPSA) is 33.6 Å². The van der Waals surface area contributed by atoms with E-state index in [2.05, 4.69) is 53.7 Å². The summed E-state index contributed by atoms with van der Waals surface area (Å²) in [6.45, 7) is 7.32. The van der Waals surface area contributed by atoms with Crippen molar-refractivity contribution in [2.75, 3.05) is 0 Å². The van der Waals surface area contributed by atoms with Gasteiger partial charge in [-0.25, -0.2) is 0 Å². The fraction of sp³-hybridized carbons (Fsp3) is 0.385. The van der Waals surface area contributed by atoms with Gasteiger partial charge >= 0.3 is 0 Å². The number of hydrogen-bond acceptors (Lipinski definition) is 2. The Morgan fingerprint density at radius 1 is 1.41 bits per heavy atom. The van der Waals surface area contributed by atoms with Crippen molar-refractivity contribution in [2.24, 2.45) is 5.92 Å². The minimum absolute atomic E-state index is 0.544. The van der Waals surface area contributed by atoms with E-state index in [1.807, 2.05) is 6.07 Å². The van der Waals surface area contributed by atoms with Crippen LogP contribution in [0.4, 0.5) is 0 Å². The molecule has 1 aromatic carbocycles. The summed E-state index contributed by atoms with van der Waals surface area (Å²) in [5.41, 5.74) is 2.34. The van der Waals surface area contributed by atoms with Crippen molar-refractivity contribution in [3.8, 4) is 11.4 Å². The van der Waals surface area contributed by atoms with Gasteiger partial charge in [0.1, 0.15) is 0 Å². The number of H-pyrrole nitrogens is 1. The first-order valence-corrected chi connectivity index (χ1v) is 6.21. The monoisotopic (exact) mass is 247 g/mol. The summed E-state index contributed by atoms with van der Waals surface area (Å²) in [6.07, 6.45) is 0. The summed E-state index contributed by atoms with van der Waals surface area (Å²) in [5.74, 6) is 1.47. The Morgan fingerprint density at radius 2 is 2.18 bits per heavy atom. The van der Waals surface area contributed by atoms with Crippen LogP contribution in [0.2, 0.25) is 0 Å². The third-order valence-electron chi connectivity index (χ3n) is 2.58. The zero-order valence-electron chi connectivity index (χ0n) is 10.4. The van der Waals surface area contributed by atoms with Gasteiger partial charge in [-0.15, -0.1) is 0 Å². The molecule has 0 fully saturated rings. The molecule has 2 aromatic rings. The Labute approximate surface area is 106 Å². The molecule has 1 heterocycles.